The maximum Gasteiger partial charge on any atom is 0.254 e. The maximum absolute atomic E-state index is 13.0. The summed E-state index contributed by atoms with van der Waals surface area (Å²) in [5.74, 6) is 0.509. The van der Waals surface area contributed by atoms with Crippen LogP contribution >= 0.6 is 0 Å². The first-order valence-corrected chi connectivity index (χ1v) is 8.20. The molecular weight excluding hydrogens is 284 g/mol. The first kappa shape index (κ1) is 15.6. The molecule has 1 aliphatic rings. The number of hydrogen-bond acceptors (Lipinski definition) is 2. The van der Waals surface area contributed by atoms with Crippen molar-refractivity contribution in [2.45, 2.75) is 39.2 Å². The Morgan fingerprint density at radius 2 is 1.87 bits per heavy atom. The fourth-order valence-corrected chi connectivity index (χ4v) is 3.61. The molecule has 3 nitrogen and oxygen atoms in total. The van der Waals surface area contributed by atoms with Crippen molar-refractivity contribution in [2.24, 2.45) is 0 Å². The lowest BCUT2D eigenvalue weighted by Gasteiger charge is -2.23. The Kier molecular flexibility index (Phi) is 4.12. The lowest BCUT2D eigenvalue weighted by Crippen LogP contribution is -2.34. The van der Waals surface area contributed by atoms with Crippen molar-refractivity contribution >= 4 is 11.6 Å². The number of carbonyl (C=O) groups excluding carboxylic acids is 1. The molecule has 0 radical (unpaired) electrons. The minimum atomic E-state index is 0.0957. The van der Waals surface area contributed by atoms with Crippen molar-refractivity contribution < 1.29 is 4.79 Å². The molecule has 1 saturated heterocycles. The fourth-order valence-electron chi connectivity index (χ4n) is 3.61. The molecule has 3 heteroatoms. The van der Waals surface area contributed by atoms with Crippen molar-refractivity contribution in [1.82, 2.24) is 4.90 Å². The summed E-state index contributed by atoms with van der Waals surface area (Å²) in [6.45, 7) is 7.02. The molecular formula is C20H24N2O. The van der Waals surface area contributed by atoms with Gasteiger partial charge in [0.15, 0.2) is 0 Å². The molecule has 2 aromatic carbocycles. The van der Waals surface area contributed by atoms with Crippen molar-refractivity contribution in [2.75, 3.05) is 12.3 Å². The Bertz CT molecular complexity index is 738. The third-order valence-corrected chi connectivity index (χ3v) is 4.96. The van der Waals surface area contributed by atoms with Gasteiger partial charge in [0.05, 0.1) is 0 Å². The highest BCUT2D eigenvalue weighted by atomic mass is 16.2. The Labute approximate surface area is 138 Å². The van der Waals surface area contributed by atoms with Gasteiger partial charge in [-0.15, -0.1) is 0 Å². The van der Waals surface area contributed by atoms with E-state index in [1.54, 1.807) is 6.07 Å². The van der Waals surface area contributed by atoms with Crippen LogP contribution in [0.4, 0.5) is 5.69 Å². The molecule has 1 heterocycles. The van der Waals surface area contributed by atoms with Crippen LogP contribution in [-0.4, -0.2) is 23.4 Å². The topological polar surface area (TPSA) is 46.3 Å². The Hall–Kier alpha value is -2.29. The SMILES string of the molecule is Cc1ccc(N)cc1C(=O)N1CC(c2ccccc2C)CC1C. The van der Waals surface area contributed by atoms with Gasteiger partial charge in [0, 0.05) is 29.8 Å². The molecule has 0 saturated carbocycles. The summed E-state index contributed by atoms with van der Waals surface area (Å²) in [6.07, 6.45) is 1.01. The summed E-state index contributed by atoms with van der Waals surface area (Å²) < 4.78 is 0. The van der Waals surface area contributed by atoms with E-state index >= 15 is 0 Å². The van der Waals surface area contributed by atoms with Gasteiger partial charge >= 0.3 is 0 Å². The normalized spacial score (nSPS) is 20.7. The van der Waals surface area contributed by atoms with Crippen molar-refractivity contribution in [1.29, 1.82) is 0 Å². The highest BCUT2D eigenvalue weighted by Gasteiger charge is 2.34. The number of benzene rings is 2. The number of hydrogen-bond donors (Lipinski definition) is 1. The van der Waals surface area contributed by atoms with Crippen molar-refractivity contribution in [3.8, 4) is 0 Å². The zero-order chi connectivity index (χ0) is 16.6. The van der Waals surface area contributed by atoms with Crippen LogP contribution < -0.4 is 5.73 Å². The van der Waals surface area contributed by atoms with E-state index < -0.39 is 0 Å². The van der Waals surface area contributed by atoms with Crippen LogP contribution in [-0.2, 0) is 0 Å². The van der Waals surface area contributed by atoms with E-state index in [-0.39, 0.29) is 11.9 Å². The number of anilines is 1. The second-order valence-corrected chi connectivity index (χ2v) is 6.67. The molecule has 1 aliphatic heterocycles. The van der Waals surface area contributed by atoms with Crippen LogP contribution in [0.3, 0.4) is 0 Å². The molecule has 0 bridgehead atoms. The lowest BCUT2D eigenvalue weighted by atomic mass is 9.93. The zero-order valence-electron chi connectivity index (χ0n) is 14.0. The highest BCUT2D eigenvalue weighted by Crippen LogP contribution is 2.34. The van der Waals surface area contributed by atoms with E-state index in [2.05, 4.69) is 38.1 Å². The van der Waals surface area contributed by atoms with Gasteiger partial charge in [0.25, 0.3) is 5.91 Å². The van der Waals surface area contributed by atoms with E-state index in [1.165, 1.54) is 11.1 Å². The summed E-state index contributed by atoms with van der Waals surface area (Å²) in [4.78, 5) is 15.0. The van der Waals surface area contributed by atoms with Crippen LogP contribution in [0.15, 0.2) is 42.5 Å². The molecule has 3 rings (SSSR count). The van der Waals surface area contributed by atoms with E-state index in [0.29, 0.717) is 11.6 Å². The quantitative estimate of drug-likeness (QED) is 0.855. The minimum absolute atomic E-state index is 0.0957. The first-order chi connectivity index (χ1) is 11.0. The number of aryl methyl sites for hydroxylation is 2. The van der Waals surface area contributed by atoms with E-state index in [0.717, 1.165) is 24.1 Å². The molecule has 1 fully saturated rings. The third kappa shape index (κ3) is 2.96. The predicted molar refractivity (Wildman–Crippen MR) is 94.6 cm³/mol. The smallest absolute Gasteiger partial charge is 0.254 e. The average Bonchev–Trinajstić information content (AvgIpc) is 2.91. The van der Waals surface area contributed by atoms with Crippen LogP contribution in [0, 0.1) is 13.8 Å². The lowest BCUT2D eigenvalue weighted by molar-refractivity contribution is 0.0745. The van der Waals surface area contributed by atoms with E-state index in [4.69, 9.17) is 5.73 Å². The summed E-state index contributed by atoms with van der Waals surface area (Å²) >= 11 is 0. The molecule has 1 amide bonds. The van der Waals surface area contributed by atoms with Crippen molar-refractivity contribution in [3.63, 3.8) is 0 Å². The molecule has 2 atom stereocenters. The average molecular weight is 308 g/mol. The largest absolute Gasteiger partial charge is 0.399 e. The van der Waals surface area contributed by atoms with Gasteiger partial charge in [0.1, 0.15) is 0 Å². The number of rotatable bonds is 2. The summed E-state index contributed by atoms with van der Waals surface area (Å²) in [5.41, 5.74) is 10.9. The maximum atomic E-state index is 13.0. The Morgan fingerprint density at radius 1 is 1.13 bits per heavy atom. The number of nitrogens with zero attached hydrogens (tertiary/aromatic N) is 1. The van der Waals surface area contributed by atoms with Gasteiger partial charge in [-0.25, -0.2) is 0 Å². The number of amides is 1. The molecule has 23 heavy (non-hydrogen) atoms. The highest BCUT2D eigenvalue weighted by molar-refractivity contribution is 5.97. The van der Waals surface area contributed by atoms with Crippen LogP contribution in [0.1, 0.15) is 46.3 Å². The predicted octanol–water partition coefficient (Wildman–Crippen LogP) is 3.90. The van der Waals surface area contributed by atoms with Crippen molar-refractivity contribution in [3.05, 3.63) is 64.7 Å². The summed E-state index contributed by atoms with van der Waals surface area (Å²) in [5, 5.41) is 0. The fraction of sp³-hybridized carbons (Fsp3) is 0.350. The van der Waals surface area contributed by atoms with Crippen LogP contribution in [0.5, 0.6) is 0 Å². The van der Waals surface area contributed by atoms with Crippen LogP contribution in [0.25, 0.3) is 0 Å². The molecule has 0 aliphatic carbocycles. The zero-order valence-corrected chi connectivity index (χ0v) is 14.0. The minimum Gasteiger partial charge on any atom is -0.399 e. The number of nitrogens with two attached hydrogens (primary N) is 1. The summed E-state index contributed by atoms with van der Waals surface area (Å²) in [6, 6.07) is 14.3. The van der Waals surface area contributed by atoms with Gasteiger partial charge in [-0.2, -0.15) is 0 Å². The van der Waals surface area contributed by atoms with Gasteiger partial charge < -0.3 is 10.6 Å². The molecule has 0 spiro atoms. The summed E-state index contributed by atoms with van der Waals surface area (Å²) in [7, 11) is 0. The molecule has 2 N–H and O–H groups in total. The monoisotopic (exact) mass is 308 g/mol. The van der Waals surface area contributed by atoms with E-state index in [9.17, 15) is 4.79 Å². The van der Waals surface area contributed by atoms with Gasteiger partial charge in [-0.3, -0.25) is 4.79 Å². The second-order valence-electron chi connectivity index (χ2n) is 6.67. The second kappa shape index (κ2) is 6.07. The third-order valence-electron chi connectivity index (χ3n) is 4.96. The number of likely N-dealkylation sites (tertiary alicyclic amines) is 1. The van der Waals surface area contributed by atoms with E-state index in [1.807, 2.05) is 24.0 Å². The molecule has 2 unspecified atom stereocenters. The Balaban J connectivity index is 1.85. The number of nitrogen functional groups attached to an aromatic ring is 1. The molecule has 120 valence electrons. The van der Waals surface area contributed by atoms with Gasteiger partial charge in [-0.05, 0) is 56.0 Å². The van der Waals surface area contributed by atoms with Crippen LogP contribution in [0.2, 0.25) is 0 Å². The first-order valence-electron chi connectivity index (χ1n) is 8.20. The molecule has 2 aromatic rings. The standard InChI is InChI=1S/C20H24N2O/c1-13-6-4-5-7-18(13)16-10-15(3)22(12-16)20(23)19-11-17(21)9-8-14(19)2/h4-9,11,15-16H,10,12,21H2,1-3H3. The van der Waals surface area contributed by atoms with Gasteiger partial charge in [0.2, 0.25) is 0 Å². The molecule has 0 aromatic heterocycles. The number of carbonyl (C=O) groups is 1. The Morgan fingerprint density at radius 3 is 2.61 bits per heavy atom. The van der Waals surface area contributed by atoms with Gasteiger partial charge in [-0.1, -0.05) is 30.3 Å².